The average Bonchev–Trinajstić information content (AvgIpc) is 2.94. The lowest BCUT2D eigenvalue weighted by Crippen LogP contribution is -2.40. The van der Waals surface area contributed by atoms with E-state index in [-0.39, 0.29) is 18.5 Å². The quantitative estimate of drug-likeness (QED) is 0.772. The normalized spacial score (nSPS) is 17.9. The maximum atomic E-state index is 13.0. The van der Waals surface area contributed by atoms with Crippen LogP contribution in [0.3, 0.4) is 0 Å². The minimum absolute atomic E-state index is 0.217. The van der Waals surface area contributed by atoms with Crippen molar-refractivity contribution < 1.29 is 14.4 Å². The number of rotatable bonds is 3. The Morgan fingerprint density at radius 3 is 2.32 bits per heavy atom. The third kappa shape index (κ3) is 3.42. The molecule has 2 aromatic rings. The molecule has 1 aromatic heterocycles. The van der Waals surface area contributed by atoms with E-state index in [1.54, 1.807) is 30.5 Å². The summed E-state index contributed by atoms with van der Waals surface area (Å²) in [5.41, 5.74) is 2.30. The van der Waals surface area contributed by atoms with Crippen molar-refractivity contribution in [2.24, 2.45) is 4.99 Å². The van der Waals surface area contributed by atoms with Crippen molar-refractivity contribution in [2.75, 3.05) is 6.54 Å². The number of carbonyl (C=O) groups excluding carboxylic acids is 3. The lowest BCUT2D eigenvalue weighted by Gasteiger charge is -2.18. The van der Waals surface area contributed by atoms with Crippen molar-refractivity contribution in [2.45, 2.75) is 45.1 Å². The molecule has 28 heavy (non-hydrogen) atoms. The van der Waals surface area contributed by atoms with Gasteiger partial charge in [0.05, 0.1) is 17.2 Å². The summed E-state index contributed by atoms with van der Waals surface area (Å²) in [6, 6.07) is 10.6. The Kier molecular flexibility index (Phi) is 4.94. The van der Waals surface area contributed by atoms with E-state index in [0.717, 1.165) is 36.1 Å². The first-order valence-electron chi connectivity index (χ1n) is 9.76. The Bertz CT molecular complexity index is 981. The van der Waals surface area contributed by atoms with E-state index >= 15 is 0 Å². The summed E-state index contributed by atoms with van der Waals surface area (Å²) < 4.78 is 1.46. The van der Waals surface area contributed by atoms with Crippen molar-refractivity contribution in [3.8, 4) is 0 Å². The predicted octanol–water partition coefficient (Wildman–Crippen LogP) is 2.97. The number of hydrogen-bond acceptors (Lipinski definition) is 4. The Labute approximate surface area is 163 Å². The van der Waals surface area contributed by atoms with E-state index in [2.05, 4.69) is 0 Å². The van der Waals surface area contributed by atoms with Crippen LogP contribution in [0.5, 0.6) is 0 Å². The van der Waals surface area contributed by atoms with Crippen LogP contribution in [0.1, 0.15) is 63.2 Å². The molecule has 4 rings (SSSR count). The standard InChI is InChI=1S/C22H23N3O3/c1-15-11-12-24(19(13-15)23-16-7-3-2-4-8-16)20(26)14-25-21(27)17-9-5-6-10-18(17)22(25)28/h5-6,9-13,16H,2-4,7-8,14H2,1H3. The first-order valence-corrected chi connectivity index (χ1v) is 9.76. The fourth-order valence-corrected chi connectivity index (χ4v) is 3.89. The number of imide groups is 1. The van der Waals surface area contributed by atoms with Crippen LogP contribution in [0.25, 0.3) is 0 Å². The van der Waals surface area contributed by atoms with E-state index in [4.69, 9.17) is 4.99 Å². The number of carbonyl (C=O) groups is 3. The van der Waals surface area contributed by atoms with Gasteiger partial charge in [0, 0.05) is 6.20 Å². The zero-order valence-electron chi connectivity index (χ0n) is 15.9. The Morgan fingerprint density at radius 2 is 1.68 bits per heavy atom. The maximum Gasteiger partial charge on any atom is 0.262 e. The van der Waals surface area contributed by atoms with Gasteiger partial charge in [0.2, 0.25) is 0 Å². The van der Waals surface area contributed by atoms with Gasteiger partial charge < -0.3 is 0 Å². The second kappa shape index (κ2) is 7.54. The van der Waals surface area contributed by atoms with Crippen LogP contribution < -0.4 is 5.49 Å². The topological polar surface area (TPSA) is 71.7 Å². The van der Waals surface area contributed by atoms with E-state index in [1.165, 1.54) is 11.0 Å². The van der Waals surface area contributed by atoms with Crippen molar-refractivity contribution in [3.63, 3.8) is 0 Å². The summed E-state index contributed by atoms with van der Waals surface area (Å²) in [6.07, 6.45) is 7.28. The second-order valence-corrected chi connectivity index (χ2v) is 7.49. The third-order valence-electron chi connectivity index (χ3n) is 5.42. The number of aromatic nitrogens is 1. The van der Waals surface area contributed by atoms with E-state index in [0.29, 0.717) is 16.6 Å². The zero-order valence-corrected chi connectivity index (χ0v) is 15.9. The first kappa shape index (κ1) is 18.3. The van der Waals surface area contributed by atoms with Gasteiger partial charge in [-0.1, -0.05) is 31.4 Å². The van der Waals surface area contributed by atoms with Crippen LogP contribution in [0.2, 0.25) is 0 Å². The molecule has 0 saturated heterocycles. The van der Waals surface area contributed by atoms with Gasteiger partial charge in [0.15, 0.2) is 0 Å². The van der Waals surface area contributed by atoms with Gasteiger partial charge in [0.1, 0.15) is 12.0 Å². The van der Waals surface area contributed by atoms with Gasteiger partial charge in [-0.05, 0) is 49.6 Å². The summed E-state index contributed by atoms with van der Waals surface area (Å²) in [7, 11) is 0. The van der Waals surface area contributed by atoms with Gasteiger partial charge in [-0.15, -0.1) is 0 Å². The summed E-state index contributed by atoms with van der Waals surface area (Å²) in [4.78, 5) is 43.9. The van der Waals surface area contributed by atoms with Gasteiger partial charge in [0.25, 0.3) is 17.7 Å². The number of aryl methyl sites for hydroxylation is 1. The molecular formula is C22H23N3O3. The zero-order chi connectivity index (χ0) is 19.7. The molecule has 0 bridgehead atoms. The highest BCUT2D eigenvalue weighted by Gasteiger charge is 2.36. The van der Waals surface area contributed by atoms with Gasteiger partial charge in [-0.3, -0.25) is 28.8 Å². The van der Waals surface area contributed by atoms with E-state index < -0.39 is 11.8 Å². The smallest absolute Gasteiger partial charge is 0.262 e. The average molecular weight is 377 g/mol. The number of benzene rings is 1. The monoisotopic (exact) mass is 377 g/mol. The molecule has 2 aliphatic rings. The molecule has 1 saturated carbocycles. The van der Waals surface area contributed by atoms with Crippen LogP contribution in [-0.2, 0) is 0 Å². The van der Waals surface area contributed by atoms with Crippen LogP contribution in [0.4, 0.5) is 0 Å². The summed E-state index contributed by atoms with van der Waals surface area (Å²) in [5, 5.41) is 0. The summed E-state index contributed by atoms with van der Waals surface area (Å²) in [5.74, 6) is -1.19. The molecule has 0 unspecified atom stereocenters. The molecule has 0 N–H and O–H groups in total. The van der Waals surface area contributed by atoms with Crippen molar-refractivity contribution >= 4 is 17.7 Å². The van der Waals surface area contributed by atoms with Crippen LogP contribution in [0, 0.1) is 6.92 Å². The third-order valence-corrected chi connectivity index (χ3v) is 5.42. The number of hydrogen-bond donors (Lipinski definition) is 0. The Hall–Kier alpha value is -3.02. The highest BCUT2D eigenvalue weighted by atomic mass is 16.2. The Balaban J connectivity index is 1.62. The van der Waals surface area contributed by atoms with Crippen LogP contribution in [-0.4, -0.2) is 39.8 Å². The molecule has 2 amide bonds. The Morgan fingerprint density at radius 1 is 1.04 bits per heavy atom. The van der Waals surface area contributed by atoms with Crippen LogP contribution >= 0.6 is 0 Å². The minimum Gasteiger partial charge on any atom is -0.272 e. The summed E-state index contributed by atoms with van der Waals surface area (Å²) in [6.45, 7) is 1.66. The molecule has 144 valence electrons. The van der Waals surface area contributed by atoms with E-state index in [9.17, 15) is 14.4 Å². The minimum atomic E-state index is -0.424. The lowest BCUT2D eigenvalue weighted by molar-refractivity contribution is 0.0603. The molecule has 0 radical (unpaired) electrons. The molecule has 6 heteroatoms. The lowest BCUT2D eigenvalue weighted by atomic mass is 9.96. The highest BCUT2D eigenvalue weighted by molar-refractivity contribution is 6.22. The van der Waals surface area contributed by atoms with Gasteiger partial charge in [-0.25, -0.2) is 0 Å². The second-order valence-electron chi connectivity index (χ2n) is 7.49. The SMILES string of the molecule is Cc1ccn(C(=O)CN2C(=O)c3ccccc3C2=O)c(=NC2CCCCC2)c1. The van der Waals surface area contributed by atoms with Crippen LogP contribution in [0.15, 0.2) is 47.6 Å². The van der Waals surface area contributed by atoms with Crippen molar-refractivity contribution in [1.82, 2.24) is 9.47 Å². The fraction of sp³-hybridized carbons (Fsp3) is 0.364. The molecular weight excluding hydrogens is 354 g/mol. The summed E-state index contributed by atoms with van der Waals surface area (Å²) >= 11 is 0. The molecule has 1 fully saturated rings. The molecule has 6 nitrogen and oxygen atoms in total. The fourth-order valence-electron chi connectivity index (χ4n) is 3.89. The number of fused-ring (bicyclic) bond motifs is 1. The molecule has 0 spiro atoms. The maximum absolute atomic E-state index is 13.0. The molecule has 0 atom stereocenters. The highest BCUT2D eigenvalue weighted by Crippen LogP contribution is 2.22. The molecule has 1 aliphatic heterocycles. The van der Waals surface area contributed by atoms with Gasteiger partial charge in [-0.2, -0.15) is 0 Å². The molecule has 1 aromatic carbocycles. The number of amides is 2. The van der Waals surface area contributed by atoms with Gasteiger partial charge >= 0.3 is 0 Å². The van der Waals surface area contributed by atoms with E-state index in [1.807, 2.05) is 19.1 Å². The molecule has 1 aliphatic carbocycles. The largest absolute Gasteiger partial charge is 0.272 e. The number of pyridine rings is 1. The number of nitrogens with zero attached hydrogens (tertiary/aromatic N) is 3. The first-order chi connectivity index (χ1) is 13.5. The van der Waals surface area contributed by atoms with Crippen molar-refractivity contribution in [3.05, 3.63) is 64.8 Å². The molecule has 2 heterocycles. The predicted molar refractivity (Wildman–Crippen MR) is 104 cm³/mol. The van der Waals surface area contributed by atoms with Crippen molar-refractivity contribution in [1.29, 1.82) is 0 Å².